The molecule has 0 N–H and O–H groups in total. The summed E-state index contributed by atoms with van der Waals surface area (Å²) >= 11 is 18.9. The second kappa shape index (κ2) is 6.95. The van der Waals surface area contributed by atoms with Crippen molar-refractivity contribution in [2.24, 2.45) is 0 Å². The van der Waals surface area contributed by atoms with Crippen molar-refractivity contribution < 1.29 is 0 Å². The van der Waals surface area contributed by atoms with Crippen molar-refractivity contribution in [2.45, 2.75) is 0 Å². The van der Waals surface area contributed by atoms with E-state index in [1.165, 1.54) is 0 Å². The zero-order chi connectivity index (χ0) is 7.98. The van der Waals surface area contributed by atoms with Crippen LogP contribution in [0, 0.1) is 0 Å². The summed E-state index contributed by atoms with van der Waals surface area (Å²) in [7, 11) is 0. The van der Waals surface area contributed by atoms with Gasteiger partial charge in [0.15, 0.2) is 0 Å². The first-order chi connectivity index (χ1) is 4.79. The number of hydrogen-bond acceptors (Lipinski definition) is 4. The van der Waals surface area contributed by atoms with E-state index in [-0.39, 0.29) is 12.8 Å². The third-order valence-corrected chi connectivity index (χ3v) is 2.33. The maximum atomic E-state index is 4.73. The Hall–Kier alpha value is 1.27. The summed E-state index contributed by atoms with van der Waals surface area (Å²) in [6.45, 7) is 0. The van der Waals surface area contributed by atoms with Gasteiger partial charge < -0.3 is 0 Å². The first kappa shape index (κ1) is 11.3. The Balaban J connectivity index is 4.20. The van der Waals surface area contributed by atoms with Gasteiger partial charge in [-0.05, 0) is 0 Å². The van der Waals surface area contributed by atoms with E-state index in [1.54, 1.807) is 24.2 Å². The van der Waals surface area contributed by atoms with Gasteiger partial charge in [0.05, 0.1) is 0 Å². The molecule has 0 aromatic heterocycles. The standard InChI is InChI=1S/B6S4/c7-1-5(2-8)6(3-9)4-10. The summed E-state index contributed by atoms with van der Waals surface area (Å²) in [5.41, 5.74) is 0. The zero-order valence-electron chi connectivity index (χ0n) is 5.10. The van der Waals surface area contributed by atoms with Gasteiger partial charge in [0, 0.05) is 0 Å². The SMILES string of the molecule is S=BB(B=S)B(B=S)B=S. The fourth-order valence-electron chi connectivity index (χ4n) is 0.427. The van der Waals surface area contributed by atoms with Crippen molar-refractivity contribution in [3.8, 4) is 0 Å². The molecular formula is B6S4. The van der Waals surface area contributed by atoms with E-state index >= 15 is 0 Å². The second-order valence-corrected chi connectivity index (χ2v) is 2.79. The van der Waals surface area contributed by atoms with Crippen molar-refractivity contribution in [1.82, 2.24) is 0 Å². The summed E-state index contributed by atoms with van der Waals surface area (Å²) in [5, 5.41) is 0. The van der Waals surface area contributed by atoms with Gasteiger partial charge >= 0.3 is 85.2 Å². The Labute approximate surface area is 84.8 Å². The molecule has 0 atom stereocenters. The molecule has 0 aliphatic heterocycles. The van der Waals surface area contributed by atoms with Crippen LogP contribution in [0.1, 0.15) is 0 Å². The van der Waals surface area contributed by atoms with E-state index in [4.69, 9.17) is 48.2 Å². The maximum absolute atomic E-state index is 4.73. The van der Waals surface area contributed by atoms with E-state index in [2.05, 4.69) is 0 Å². The summed E-state index contributed by atoms with van der Waals surface area (Å²) in [6.07, 6.45) is 0.0833. The van der Waals surface area contributed by atoms with Crippen LogP contribution in [0.3, 0.4) is 0 Å². The Bertz CT molecular complexity index is 118. The molecule has 42 valence electrons. The summed E-state index contributed by atoms with van der Waals surface area (Å²) in [5.74, 6) is 0. The zero-order valence-corrected chi connectivity index (χ0v) is 8.36. The Morgan fingerprint density at radius 1 is 0.600 bits per heavy atom. The van der Waals surface area contributed by atoms with Crippen LogP contribution in [0.15, 0.2) is 0 Å². The van der Waals surface area contributed by atoms with Gasteiger partial charge in [-0.2, -0.15) is 0 Å². The first-order valence-electron chi connectivity index (χ1n) is 2.61. The molecule has 0 aromatic carbocycles. The first-order valence-corrected chi connectivity index (χ1v) is 4.50. The van der Waals surface area contributed by atoms with Crippen molar-refractivity contribution in [3.05, 3.63) is 0 Å². The van der Waals surface area contributed by atoms with Crippen LogP contribution in [-0.4, -0.2) is 37.0 Å². The number of hydrogen-bond donors (Lipinski definition) is 0. The monoisotopic (exact) mass is 194 g/mol. The van der Waals surface area contributed by atoms with Gasteiger partial charge in [0.1, 0.15) is 0 Å². The third kappa shape index (κ3) is 3.60. The second-order valence-electron chi connectivity index (χ2n) is 1.70. The predicted octanol–water partition coefficient (Wildman–Crippen LogP) is 0.308. The molecule has 10 heavy (non-hydrogen) atoms. The van der Waals surface area contributed by atoms with Gasteiger partial charge in [-0.3, -0.25) is 0 Å². The molecule has 0 rings (SSSR count). The molecule has 0 aromatic rings. The van der Waals surface area contributed by atoms with Crippen molar-refractivity contribution in [1.29, 1.82) is 0 Å². The average molecular weight is 193 g/mol. The summed E-state index contributed by atoms with van der Waals surface area (Å²) in [6, 6.07) is 6.35. The van der Waals surface area contributed by atoms with Gasteiger partial charge in [0.25, 0.3) is 0 Å². The molecule has 0 radical (unpaired) electrons. The molecule has 0 saturated carbocycles. The van der Waals surface area contributed by atoms with E-state index in [0.29, 0.717) is 0 Å². The van der Waals surface area contributed by atoms with Crippen LogP contribution < -0.4 is 0 Å². The third-order valence-electron chi connectivity index (χ3n) is 1.07. The van der Waals surface area contributed by atoms with Crippen LogP contribution in [0.2, 0.25) is 0 Å². The molecule has 0 aliphatic rings. The predicted molar refractivity (Wildman–Crippen MR) is 64.9 cm³/mol. The van der Waals surface area contributed by atoms with Crippen LogP contribution in [-0.2, 0) is 0 Å². The van der Waals surface area contributed by atoms with Crippen LogP contribution in [0.25, 0.3) is 0 Å². The minimum atomic E-state index is 0.0417. The van der Waals surface area contributed by atoms with E-state index in [0.717, 1.165) is 0 Å². The summed E-state index contributed by atoms with van der Waals surface area (Å²) in [4.78, 5) is 0. The molecule has 0 amide bonds. The van der Waals surface area contributed by atoms with Gasteiger partial charge in [-0.15, -0.1) is 0 Å². The fraction of sp³-hybridized carbons (Fsp3) is 0. The van der Waals surface area contributed by atoms with Crippen LogP contribution in [0.5, 0.6) is 0 Å². The van der Waals surface area contributed by atoms with Gasteiger partial charge in [-0.25, -0.2) is 0 Å². The molecule has 0 nitrogen and oxygen atoms in total. The summed E-state index contributed by atoms with van der Waals surface area (Å²) < 4.78 is 0. The van der Waals surface area contributed by atoms with Gasteiger partial charge in [-0.1, -0.05) is 0 Å². The molecule has 0 unspecified atom stereocenters. The normalized spacial score (nSPS) is 6.00. The molecular weight excluding hydrogens is 193 g/mol. The average Bonchev–Trinajstić information content (AvgIpc) is 2.00. The van der Waals surface area contributed by atoms with Crippen molar-refractivity contribution >= 4 is 85.2 Å². The van der Waals surface area contributed by atoms with Crippen molar-refractivity contribution in [3.63, 3.8) is 0 Å². The van der Waals surface area contributed by atoms with Crippen molar-refractivity contribution in [2.75, 3.05) is 0 Å². The molecule has 0 aliphatic carbocycles. The molecule has 0 spiro atoms. The van der Waals surface area contributed by atoms with E-state index in [1.807, 2.05) is 0 Å². The van der Waals surface area contributed by atoms with Gasteiger partial charge in [0.2, 0.25) is 0 Å². The quantitative estimate of drug-likeness (QED) is 0.576. The fourth-order valence-corrected chi connectivity index (χ4v) is 1.67. The molecule has 0 fully saturated rings. The van der Waals surface area contributed by atoms with E-state index < -0.39 is 0 Å². The molecule has 10 heteroatoms. The Morgan fingerprint density at radius 2 is 0.800 bits per heavy atom. The molecule has 0 saturated heterocycles. The Kier molecular flexibility index (Phi) is 7.83. The van der Waals surface area contributed by atoms with E-state index in [9.17, 15) is 0 Å². The van der Waals surface area contributed by atoms with Crippen LogP contribution in [0.4, 0.5) is 0 Å². The molecule has 0 heterocycles. The number of rotatable bonds is 5. The molecule has 0 bridgehead atoms. The van der Waals surface area contributed by atoms with Crippen LogP contribution >= 0.6 is 48.2 Å². The minimum absolute atomic E-state index is 0.0417. The Morgan fingerprint density at radius 3 is 0.900 bits per heavy atom. The topological polar surface area (TPSA) is 0 Å².